The number of amides is 2. The minimum Gasteiger partial charge on any atom is -0.511 e. The van der Waals surface area contributed by atoms with Crippen LogP contribution in [-0.2, 0) is 14.4 Å². The second-order valence-corrected chi connectivity index (χ2v) is 8.25. The molecule has 1 aliphatic heterocycles. The maximum absolute atomic E-state index is 12.3. The van der Waals surface area contributed by atoms with Crippen LogP contribution in [0.5, 0.6) is 0 Å². The summed E-state index contributed by atoms with van der Waals surface area (Å²) in [6.45, 7) is 1.04. The van der Waals surface area contributed by atoms with Crippen molar-refractivity contribution in [2.24, 2.45) is 23.2 Å². The van der Waals surface area contributed by atoms with Crippen LogP contribution < -0.4 is 0 Å². The van der Waals surface area contributed by atoms with Crippen LogP contribution in [0.1, 0.15) is 51.9 Å². The Morgan fingerprint density at radius 2 is 1.65 bits per heavy atom. The maximum Gasteiger partial charge on any atom is 0.268 e. The molecular formula is C18H23NO4. The third-order valence-corrected chi connectivity index (χ3v) is 6.42. The summed E-state index contributed by atoms with van der Waals surface area (Å²) in [5.41, 5.74) is -0.0771. The smallest absolute Gasteiger partial charge is 0.268 e. The Bertz CT molecular complexity index is 598. The van der Waals surface area contributed by atoms with Crippen molar-refractivity contribution >= 4 is 17.6 Å². The molecule has 5 rings (SSSR count). The number of imide groups is 1. The van der Waals surface area contributed by atoms with E-state index in [1.54, 1.807) is 0 Å². The van der Waals surface area contributed by atoms with E-state index in [9.17, 15) is 19.5 Å². The zero-order valence-electron chi connectivity index (χ0n) is 13.5. The Balaban J connectivity index is 1.60. The number of rotatable bonds is 2. The number of hydrogen-bond acceptors (Lipinski definition) is 4. The quantitative estimate of drug-likeness (QED) is 0.482. The third kappa shape index (κ3) is 2.32. The lowest BCUT2D eigenvalue weighted by Crippen LogP contribution is -2.46. The Morgan fingerprint density at radius 1 is 1.13 bits per heavy atom. The van der Waals surface area contributed by atoms with Gasteiger partial charge in [-0.15, -0.1) is 0 Å². The molecule has 0 radical (unpaired) electrons. The van der Waals surface area contributed by atoms with E-state index in [0.717, 1.165) is 41.9 Å². The fourth-order valence-corrected chi connectivity index (χ4v) is 6.04. The molecular weight excluding hydrogens is 294 g/mol. The summed E-state index contributed by atoms with van der Waals surface area (Å²) >= 11 is 0. The number of aliphatic hydroxyl groups is 1. The van der Waals surface area contributed by atoms with E-state index in [4.69, 9.17) is 0 Å². The van der Waals surface area contributed by atoms with E-state index >= 15 is 0 Å². The van der Waals surface area contributed by atoms with Gasteiger partial charge in [-0.2, -0.15) is 0 Å². The van der Waals surface area contributed by atoms with Crippen molar-refractivity contribution in [3.05, 3.63) is 11.3 Å². The molecule has 1 saturated heterocycles. The molecule has 124 valence electrons. The zero-order valence-corrected chi connectivity index (χ0v) is 13.5. The third-order valence-electron chi connectivity index (χ3n) is 6.42. The van der Waals surface area contributed by atoms with Crippen molar-refractivity contribution in [3.63, 3.8) is 0 Å². The molecule has 5 heteroatoms. The van der Waals surface area contributed by atoms with Gasteiger partial charge in [0, 0.05) is 13.3 Å². The largest absolute Gasteiger partial charge is 0.511 e. The molecule has 4 aliphatic carbocycles. The van der Waals surface area contributed by atoms with Crippen LogP contribution >= 0.6 is 0 Å². The fraction of sp³-hybridized carbons (Fsp3) is 0.722. The van der Waals surface area contributed by atoms with Crippen LogP contribution in [0.3, 0.4) is 0 Å². The first kappa shape index (κ1) is 14.9. The molecule has 4 bridgehead atoms. The SMILES string of the molecule is CC(=O)N1CC(=O)/C(=C(/O)CC23CC4CC(CC(C4)C2)C3)C1=O. The topological polar surface area (TPSA) is 74.7 Å². The summed E-state index contributed by atoms with van der Waals surface area (Å²) in [6, 6.07) is 0. The molecule has 23 heavy (non-hydrogen) atoms. The Hall–Kier alpha value is -1.65. The van der Waals surface area contributed by atoms with E-state index in [0.29, 0.717) is 6.42 Å². The fourth-order valence-electron chi connectivity index (χ4n) is 6.04. The average Bonchev–Trinajstić information content (AvgIpc) is 2.71. The van der Waals surface area contributed by atoms with Gasteiger partial charge in [0.15, 0.2) is 5.78 Å². The zero-order chi connectivity index (χ0) is 16.4. The van der Waals surface area contributed by atoms with E-state index in [1.165, 1.54) is 26.2 Å². The number of hydrogen-bond donors (Lipinski definition) is 1. The summed E-state index contributed by atoms with van der Waals surface area (Å²) in [7, 11) is 0. The van der Waals surface area contributed by atoms with Crippen LogP contribution in [-0.4, -0.2) is 34.1 Å². The van der Waals surface area contributed by atoms with Gasteiger partial charge < -0.3 is 5.11 Å². The summed E-state index contributed by atoms with van der Waals surface area (Å²) in [5, 5.41) is 10.5. The number of carbonyl (C=O) groups is 3. The molecule has 1 heterocycles. The highest BCUT2D eigenvalue weighted by Crippen LogP contribution is 2.62. The number of likely N-dealkylation sites (tertiary alicyclic amines) is 1. The van der Waals surface area contributed by atoms with Crippen molar-refractivity contribution in [2.45, 2.75) is 51.9 Å². The van der Waals surface area contributed by atoms with Gasteiger partial charge in [0.2, 0.25) is 5.91 Å². The number of carbonyl (C=O) groups excluding carboxylic acids is 3. The number of aliphatic hydroxyl groups excluding tert-OH is 1. The second kappa shape index (κ2) is 4.92. The first-order valence-corrected chi connectivity index (χ1v) is 8.64. The molecule has 0 aromatic heterocycles. The number of Topliss-reactive ketones (excluding diaryl/α,β-unsaturated/α-hetero) is 1. The predicted octanol–water partition coefficient (Wildman–Crippen LogP) is 2.36. The summed E-state index contributed by atoms with van der Waals surface area (Å²) in [6.07, 6.45) is 7.68. The molecule has 0 aromatic carbocycles. The predicted molar refractivity (Wildman–Crippen MR) is 82.3 cm³/mol. The lowest BCUT2D eigenvalue weighted by molar-refractivity contribution is -0.139. The van der Waals surface area contributed by atoms with Crippen molar-refractivity contribution in [2.75, 3.05) is 6.54 Å². The van der Waals surface area contributed by atoms with Gasteiger partial charge in [-0.1, -0.05) is 0 Å². The minimum atomic E-state index is -0.621. The Morgan fingerprint density at radius 3 is 2.09 bits per heavy atom. The first-order valence-electron chi connectivity index (χ1n) is 8.64. The van der Waals surface area contributed by atoms with E-state index in [2.05, 4.69) is 0 Å². The Labute approximate surface area is 135 Å². The molecule has 1 N–H and O–H groups in total. The summed E-state index contributed by atoms with van der Waals surface area (Å²) in [5.74, 6) is 0.692. The van der Waals surface area contributed by atoms with Crippen molar-refractivity contribution in [3.8, 4) is 0 Å². The number of allylic oxidation sites excluding steroid dienone is 1. The highest BCUT2D eigenvalue weighted by molar-refractivity contribution is 6.28. The molecule has 0 spiro atoms. The van der Waals surface area contributed by atoms with Crippen molar-refractivity contribution in [1.82, 2.24) is 4.90 Å². The van der Waals surface area contributed by atoms with Gasteiger partial charge in [-0.3, -0.25) is 19.3 Å². The van der Waals surface area contributed by atoms with Gasteiger partial charge >= 0.3 is 0 Å². The van der Waals surface area contributed by atoms with Gasteiger partial charge in [-0.25, -0.2) is 0 Å². The number of ketones is 1. The molecule has 2 amide bonds. The van der Waals surface area contributed by atoms with Crippen LogP contribution in [0, 0.1) is 23.2 Å². The minimum absolute atomic E-state index is 0.0655. The van der Waals surface area contributed by atoms with Gasteiger partial charge in [0.1, 0.15) is 11.3 Å². The molecule has 5 nitrogen and oxygen atoms in total. The molecule has 0 unspecified atom stereocenters. The van der Waals surface area contributed by atoms with E-state index in [1.807, 2.05) is 0 Å². The van der Waals surface area contributed by atoms with Crippen LogP contribution in [0.15, 0.2) is 11.3 Å². The Kier molecular flexibility index (Phi) is 3.19. The van der Waals surface area contributed by atoms with Gasteiger partial charge in [0.25, 0.3) is 5.91 Å². The van der Waals surface area contributed by atoms with Crippen LogP contribution in [0.2, 0.25) is 0 Å². The number of nitrogens with zero attached hydrogens (tertiary/aromatic N) is 1. The summed E-state index contributed by atoms with van der Waals surface area (Å²) < 4.78 is 0. The van der Waals surface area contributed by atoms with Crippen LogP contribution in [0.25, 0.3) is 0 Å². The lowest BCUT2D eigenvalue weighted by atomic mass is 9.48. The monoisotopic (exact) mass is 317 g/mol. The highest BCUT2D eigenvalue weighted by Gasteiger charge is 2.51. The lowest BCUT2D eigenvalue weighted by Gasteiger charge is -2.57. The summed E-state index contributed by atoms with van der Waals surface area (Å²) in [4.78, 5) is 36.7. The molecule has 5 aliphatic rings. The maximum atomic E-state index is 12.3. The van der Waals surface area contributed by atoms with Crippen molar-refractivity contribution in [1.29, 1.82) is 0 Å². The highest BCUT2D eigenvalue weighted by atomic mass is 16.3. The molecule has 0 atom stereocenters. The second-order valence-electron chi connectivity index (χ2n) is 8.25. The average molecular weight is 317 g/mol. The van der Waals surface area contributed by atoms with Crippen molar-refractivity contribution < 1.29 is 19.5 Å². The molecule has 4 saturated carbocycles. The first-order chi connectivity index (χ1) is 10.9. The standard InChI is InChI=1S/C18H23NO4/c1-10(20)19-9-15(22)16(17(19)23)14(21)8-18-5-11-2-12(6-18)4-13(3-11)7-18/h11-13,21H,2-9H2,1H3/b16-14-. The molecule has 0 aromatic rings. The normalized spacial score (nSPS) is 40.9. The van der Waals surface area contributed by atoms with E-state index < -0.39 is 17.6 Å². The van der Waals surface area contributed by atoms with Gasteiger partial charge in [-0.05, 0) is 61.7 Å². The van der Waals surface area contributed by atoms with Gasteiger partial charge in [0.05, 0.1) is 6.54 Å². The van der Waals surface area contributed by atoms with Crippen LogP contribution in [0.4, 0.5) is 0 Å². The molecule has 5 fully saturated rings. The van der Waals surface area contributed by atoms with E-state index in [-0.39, 0.29) is 23.3 Å².